The van der Waals surface area contributed by atoms with Crippen LogP contribution in [-0.4, -0.2) is 19.1 Å². The number of anilines is 1. The van der Waals surface area contributed by atoms with Gasteiger partial charge in [0, 0.05) is 24.8 Å². The molecule has 0 aliphatic heterocycles. The van der Waals surface area contributed by atoms with Gasteiger partial charge in [-0.25, -0.2) is 0 Å². The van der Waals surface area contributed by atoms with Crippen molar-refractivity contribution in [1.29, 1.82) is 0 Å². The summed E-state index contributed by atoms with van der Waals surface area (Å²) in [4.78, 5) is 2.03. The normalized spacial score (nSPS) is 16.9. The van der Waals surface area contributed by atoms with Gasteiger partial charge in [0.1, 0.15) is 0 Å². The highest BCUT2D eigenvalue weighted by Crippen LogP contribution is 2.36. The summed E-state index contributed by atoms with van der Waals surface area (Å²) in [5, 5.41) is 0. The zero-order valence-corrected chi connectivity index (χ0v) is 12.6. The fourth-order valence-corrected chi connectivity index (χ4v) is 2.58. The third kappa shape index (κ3) is 4.37. The summed E-state index contributed by atoms with van der Waals surface area (Å²) in [5.74, 6) is 0.642. The first-order valence-electron chi connectivity index (χ1n) is 7.52. The molecule has 0 amide bonds. The Balaban J connectivity index is 2.30. The van der Waals surface area contributed by atoms with E-state index < -0.39 is 11.7 Å². The number of alkyl halides is 3. The molecule has 1 aliphatic rings. The molecule has 1 saturated carbocycles. The number of halogens is 3. The van der Waals surface area contributed by atoms with Gasteiger partial charge in [0.25, 0.3) is 0 Å². The van der Waals surface area contributed by atoms with Gasteiger partial charge in [-0.15, -0.1) is 0 Å². The van der Waals surface area contributed by atoms with Gasteiger partial charge >= 0.3 is 6.18 Å². The summed E-state index contributed by atoms with van der Waals surface area (Å²) in [6.07, 6.45) is -1.72. The Morgan fingerprint density at radius 2 is 2.00 bits per heavy atom. The molecule has 5 heteroatoms. The minimum atomic E-state index is -4.33. The molecule has 1 unspecified atom stereocenters. The first kappa shape index (κ1) is 16.1. The maximum Gasteiger partial charge on any atom is 0.416 e. The Kier molecular flexibility index (Phi) is 4.81. The first-order chi connectivity index (χ1) is 9.81. The van der Waals surface area contributed by atoms with E-state index in [1.807, 2.05) is 11.8 Å². The van der Waals surface area contributed by atoms with Gasteiger partial charge in [0.2, 0.25) is 0 Å². The van der Waals surface area contributed by atoms with Crippen LogP contribution in [0.5, 0.6) is 0 Å². The Bertz CT molecular complexity index is 479. The number of nitrogens with two attached hydrogens (primary N) is 1. The fourth-order valence-electron chi connectivity index (χ4n) is 2.58. The lowest BCUT2D eigenvalue weighted by Crippen LogP contribution is -2.26. The van der Waals surface area contributed by atoms with Crippen molar-refractivity contribution < 1.29 is 13.2 Å². The standard InChI is InChI=1S/C16H23F3N2/c1-3-21(10-12-4-5-12)14-7-6-13(8-11(2)20)15(9-14)16(17,18)19/h6-7,9,11-12H,3-5,8,10,20H2,1-2H3. The van der Waals surface area contributed by atoms with E-state index in [2.05, 4.69) is 0 Å². The topological polar surface area (TPSA) is 29.3 Å². The molecule has 0 saturated heterocycles. The van der Waals surface area contributed by atoms with Crippen LogP contribution in [0.2, 0.25) is 0 Å². The summed E-state index contributed by atoms with van der Waals surface area (Å²) in [6, 6.07) is 4.37. The van der Waals surface area contributed by atoms with Crippen molar-refractivity contribution in [2.75, 3.05) is 18.0 Å². The van der Waals surface area contributed by atoms with Gasteiger partial charge in [0.05, 0.1) is 5.56 Å². The van der Waals surface area contributed by atoms with E-state index in [4.69, 9.17) is 5.73 Å². The van der Waals surface area contributed by atoms with Gasteiger partial charge in [-0.3, -0.25) is 0 Å². The predicted octanol–water partition coefficient (Wildman–Crippen LogP) is 3.83. The molecule has 1 atom stereocenters. The summed E-state index contributed by atoms with van der Waals surface area (Å²) in [5.41, 5.74) is 6.05. The third-order valence-electron chi connectivity index (χ3n) is 3.86. The van der Waals surface area contributed by atoms with Crippen LogP contribution < -0.4 is 10.6 Å². The Hall–Kier alpha value is -1.23. The predicted molar refractivity (Wildman–Crippen MR) is 79.4 cm³/mol. The summed E-state index contributed by atoms with van der Waals surface area (Å²) in [7, 11) is 0. The monoisotopic (exact) mass is 300 g/mol. The molecule has 2 N–H and O–H groups in total. The molecular weight excluding hydrogens is 277 g/mol. The van der Waals surface area contributed by atoms with E-state index in [0.29, 0.717) is 11.6 Å². The van der Waals surface area contributed by atoms with Gasteiger partial charge in [-0.1, -0.05) is 6.07 Å². The minimum absolute atomic E-state index is 0.240. The van der Waals surface area contributed by atoms with Gasteiger partial charge < -0.3 is 10.6 Å². The van der Waals surface area contributed by atoms with Crippen molar-refractivity contribution in [2.24, 2.45) is 11.7 Å². The number of benzene rings is 1. The first-order valence-corrected chi connectivity index (χ1v) is 7.52. The molecular formula is C16H23F3N2. The largest absolute Gasteiger partial charge is 0.416 e. The van der Waals surface area contributed by atoms with Gasteiger partial charge in [-0.2, -0.15) is 13.2 Å². The highest BCUT2D eigenvalue weighted by Gasteiger charge is 2.34. The molecule has 0 heterocycles. The Labute approximate surface area is 124 Å². The molecule has 0 bridgehead atoms. The van der Waals surface area contributed by atoms with Crippen LogP contribution in [0.3, 0.4) is 0 Å². The maximum absolute atomic E-state index is 13.3. The van der Waals surface area contributed by atoms with Crippen molar-refractivity contribution in [3.63, 3.8) is 0 Å². The summed E-state index contributed by atoms with van der Waals surface area (Å²) in [6.45, 7) is 5.27. The second-order valence-electron chi connectivity index (χ2n) is 6.00. The molecule has 1 aromatic rings. The fraction of sp³-hybridized carbons (Fsp3) is 0.625. The molecule has 2 nitrogen and oxygen atoms in total. The lowest BCUT2D eigenvalue weighted by Gasteiger charge is -2.25. The molecule has 21 heavy (non-hydrogen) atoms. The highest BCUT2D eigenvalue weighted by molar-refractivity contribution is 5.52. The number of hydrogen-bond acceptors (Lipinski definition) is 2. The second-order valence-corrected chi connectivity index (χ2v) is 6.00. The summed E-state index contributed by atoms with van der Waals surface area (Å²) >= 11 is 0. The van der Waals surface area contributed by atoms with Crippen molar-refractivity contribution in [2.45, 2.75) is 45.3 Å². The van der Waals surface area contributed by atoms with Crippen LogP contribution in [-0.2, 0) is 12.6 Å². The molecule has 0 aromatic heterocycles. The van der Waals surface area contributed by atoms with E-state index in [1.165, 1.54) is 18.9 Å². The molecule has 0 spiro atoms. The minimum Gasteiger partial charge on any atom is -0.372 e. The van der Waals surface area contributed by atoms with Crippen LogP contribution in [0, 0.1) is 5.92 Å². The Morgan fingerprint density at radius 1 is 1.33 bits per heavy atom. The third-order valence-corrected chi connectivity index (χ3v) is 3.86. The van der Waals surface area contributed by atoms with Crippen LogP contribution in [0.15, 0.2) is 18.2 Å². The van der Waals surface area contributed by atoms with Crippen molar-refractivity contribution in [3.05, 3.63) is 29.3 Å². The molecule has 1 aromatic carbocycles. The smallest absolute Gasteiger partial charge is 0.372 e. The van der Waals surface area contributed by atoms with Crippen molar-refractivity contribution in [3.8, 4) is 0 Å². The van der Waals surface area contributed by atoms with E-state index in [0.717, 1.165) is 13.1 Å². The molecule has 1 fully saturated rings. The van der Waals surface area contributed by atoms with Gasteiger partial charge in [-0.05, 0) is 56.7 Å². The quantitative estimate of drug-likeness (QED) is 0.865. The van der Waals surface area contributed by atoms with Gasteiger partial charge in [0.15, 0.2) is 0 Å². The molecule has 0 radical (unpaired) electrons. The van der Waals surface area contributed by atoms with E-state index in [9.17, 15) is 13.2 Å². The van der Waals surface area contributed by atoms with Crippen LogP contribution in [0.25, 0.3) is 0 Å². The highest BCUT2D eigenvalue weighted by atomic mass is 19.4. The lowest BCUT2D eigenvalue weighted by atomic mass is 9.99. The molecule has 2 rings (SSSR count). The van der Waals surface area contributed by atoms with Crippen LogP contribution in [0.4, 0.5) is 18.9 Å². The van der Waals surface area contributed by atoms with Crippen LogP contribution in [0.1, 0.15) is 37.8 Å². The maximum atomic E-state index is 13.3. The number of nitrogens with zero attached hydrogens (tertiary/aromatic N) is 1. The van der Waals surface area contributed by atoms with E-state index in [1.54, 1.807) is 19.1 Å². The van der Waals surface area contributed by atoms with Crippen molar-refractivity contribution in [1.82, 2.24) is 0 Å². The zero-order valence-electron chi connectivity index (χ0n) is 12.6. The molecule has 1 aliphatic carbocycles. The van der Waals surface area contributed by atoms with E-state index >= 15 is 0 Å². The zero-order chi connectivity index (χ0) is 15.6. The average Bonchev–Trinajstić information content (AvgIpc) is 3.18. The Morgan fingerprint density at radius 3 is 2.48 bits per heavy atom. The van der Waals surface area contributed by atoms with Crippen molar-refractivity contribution >= 4 is 5.69 Å². The second kappa shape index (κ2) is 6.26. The number of hydrogen-bond donors (Lipinski definition) is 1. The number of rotatable bonds is 6. The average molecular weight is 300 g/mol. The van der Waals surface area contributed by atoms with Crippen LogP contribution >= 0.6 is 0 Å². The summed E-state index contributed by atoms with van der Waals surface area (Å²) < 4.78 is 39.8. The SMILES string of the molecule is CCN(CC1CC1)c1ccc(CC(C)N)c(C(F)(F)F)c1. The lowest BCUT2D eigenvalue weighted by molar-refractivity contribution is -0.138. The van der Waals surface area contributed by atoms with E-state index in [-0.39, 0.29) is 18.0 Å². The molecule has 118 valence electrons.